The number of hydrogen-bond donors (Lipinski definition) is 4. The molecule has 12 rings (SSSR count). The maximum atomic E-state index is 14.0. The Hall–Kier alpha value is -6.70. The first-order valence-corrected chi connectivity index (χ1v) is 24.4. The predicted molar refractivity (Wildman–Crippen MR) is 263 cm³/mol. The van der Waals surface area contributed by atoms with Gasteiger partial charge in [0.15, 0.2) is 0 Å². The molecule has 356 valence electrons. The van der Waals surface area contributed by atoms with Gasteiger partial charge < -0.3 is 39.9 Å². The first-order valence-electron chi connectivity index (χ1n) is 24.4. The van der Waals surface area contributed by atoms with Crippen molar-refractivity contribution in [2.24, 2.45) is 11.8 Å². The van der Waals surface area contributed by atoms with Crippen molar-refractivity contribution in [3.63, 3.8) is 0 Å². The van der Waals surface area contributed by atoms with E-state index in [-0.39, 0.29) is 35.7 Å². The number of methoxy groups -OCH3 is 2. The Balaban J connectivity index is 0.950. The SMILES string of the molecule is COC(=O)NC(C(=O)N1CCCCC1c1nc2ccc(-c3cc4ccc3CCc3ccc(c(-c5ccc6nc(C7CCCCN7C(=O)C(NC(=O)OC)C(C)C)[nH]c6c5)c3)CC4)cc2[nH]1)C(C)C. The Morgan fingerprint density at radius 2 is 1.00 bits per heavy atom. The van der Waals surface area contributed by atoms with Crippen LogP contribution in [-0.2, 0) is 44.7 Å². The van der Waals surface area contributed by atoms with Crippen molar-refractivity contribution in [2.45, 2.75) is 116 Å². The molecule has 4 N–H and O–H groups in total. The van der Waals surface area contributed by atoms with Crippen LogP contribution in [0.15, 0.2) is 72.8 Å². The van der Waals surface area contributed by atoms with E-state index in [1.54, 1.807) is 0 Å². The maximum absolute atomic E-state index is 14.0. The number of hydrogen-bond acceptors (Lipinski definition) is 8. The number of carbonyl (C=O) groups is 4. The summed E-state index contributed by atoms with van der Waals surface area (Å²) in [6.07, 6.45) is 7.57. The van der Waals surface area contributed by atoms with Crippen LogP contribution in [0.1, 0.15) is 112 Å². The quantitative estimate of drug-likeness (QED) is 0.105. The zero-order chi connectivity index (χ0) is 47.6. The summed E-state index contributed by atoms with van der Waals surface area (Å²) in [6, 6.07) is 24.9. The molecule has 4 atom stereocenters. The van der Waals surface area contributed by atoms with Gasteiger partial charge in [0.05, 0.1) is 48.4 Å². The number of imidazole rings is 2. The van der Waals surface area contributed by atoms with Crippen LogP contribution in [0.5, 0.6) is 0 Å². The topological polar surface area (TPSA) is 175 Å². The molecule has 14 nitrogen and oxygen atoms in total. The number of piperidine rings is 2. The van der Waals surface area contributed by atoms with Crippen LogP contribution in [0.2, 0.25) is 0 Å². The lowest BCUT2D eigenvalue weighted by Crippen LogP contribution is -2.53. The van der Waals surface area contributed by atoms with Gasteiger partial charge in [-0.05, 0) is 145 Å². The summed E-state index contributed by atoms with van der Waals surface area (Å²) in [4.78, 5) is 73.4. The van der Waals surface area contributed by atoms with Crippen LogP contribution >= 0.6 is 0 Å². The van der Waals surface area contributed by atoms with Gasteiger partial charge in [0.1, 0.15) is 23.7 Å². The number of likely N-dealkylation sites (tertiary alicyclic amines) is 2. The number of aromatic amines is 2. The van der Waals surface area contributed by atoms with E-state index in [0.29, 0.717) is 13.1 Å². The molecule has 4 heterocycles. The van der Waals surface area contributed by atoms with Gasteiger partial charge in [-0.25, -0.2) is 19.6 Å². The number of ether oxygens (including phenoxy) is 2. The number of nitrogens with one attached hydrogen (secondary N) is 4. The second-order valence-electron chi connectivity index (χ2n) is 19.5. The smallest absolute Gasteiger partial charge is 0.407 e. The third-order valence-electron chi connectivity index (χ3n) is 14.3. The van der Waals surface area contributed by atoms with Gasteiger partial charge in [-0.1, -0.05) is 76.2 Å². The van der Waals surface area contributed by atoms with Gasteiger partial charge in [-0.15, -0.1) is 0 Å². The molecular weight excluding hydrogens is 857 g/mol. The third-order valence-corrected chi connectivity index (χ3v) is 14.3. The van der Waals surface area contributed by atoms with Crippen molar-refractivity contribution in [1.29, 1.82) is 0 Å². The normalized spacial score (nSPS) is 18.4. The molecule has 0 radical (unpaired) electrons. The van der Waals surface area contributed by atoms with Crippen LogP contribution in [0.3, 0.4) is 0 Å². The average molecular weight is 921 g/mol. The minimum Gasteiger partial charge on any atom is -0.453 e. The molecule has 4 unspecified atom stereocenters. The highest BCUT2D eigenvalue weighted by molar-refractivity contribution is 5.88. The summed E-state index contributed by atoms with van der Waals surface area (Å²) in [7, 11) is 2.62. The van der Waals surface area contributed by atoms with Crippen molar-refractivity contribution in [1.82, 2.24) is 40.4 Å². The van der Waals surface area contributed by atoms with Gasteiger partial charge in [-0.2, -0.15) is 0 Å². The number of fused-ring (bicyclic) bond motifs is 2. The number of H-pyrrole nitrogens is 2. The first-order chi connectivity index (χ1) is 32.9. The lowest BCUT2D eigenvalue weighted by Gasteiger charge is -2.37. The van der Waals surface area contributed by atoms with Crippen molar-refractivity contribution < 1.29 is 28.7 Å². The number of nitrogens with zero attached hydrogens (tertiary/aromatic N) is 4. The number of benzene rings is 4. The molecule has 4 amide bonds. The van der Waals surface area contributed by atoms with E-state index in [1.165, 1.54) is 47.6 Å². The second kappa shape index (κ2) is 19.9. The van der Waals surface area contributed by atoms with Crippen LogP contribution in [0, 0.1) is 11.8 Å². The van der Waals surface area contributed by atoms with Crippen LogP contribution in [-0.4, -0.2) is 93.1 Å². The molecule has 4 aromatic carbocycles. The van der Waals surface area contributed by atoms with Gasteiger partial charge in [0.2, 0.25) is 11.8 Å². The molecule has 6 aliphatic rings. The Labute approximate surface area is 398 Å². The molecule has 68 heavy (non-hydrogen) atoms. The molecule has 4 bridgehead atoms. The van der Waals surface area contributed by atoms with Crippen molar-refractivity contribution in [2.75, 3.05) is 27.3 Å². The van der Waals surface area contributed by atoms with Crippen molar-refractivity contribution in [3.8, 4) is 22.3 Å². The summed E-state index contributed by atoms with van der Waals surface area (Å²) >= 11 is 0. The maximum Gasteiger partial charge on any atom is 0.407 e. The summed E-state index contributed by atoms with van der Waals surface area (Å²) in [6.45, 7) is 8.91. The Bertz CT molecular complexity index is 2660. The number of aryl methyl sites for hydroxylation is 4. The van der Waals surface area contributed by atoms with Gasteiger partial charge >= 0.3 is 12.2 Å². The van der Waals surface area contributed by atoms with E-state index in [2.05, 4.69) is 93.4 Å². The zero-order valence-corrected chi connectivity index (χ0v) is 40.1. The fraction of sp³-hybridized carbons (Fsp3) is 0.444. The molecule has 4 aliphatic carbocycles. The standard InChI is InChI=1S/C54H64N8O6/c1-31(2)47(59-53(65)67-5)51(63)61-25-9-7-11-45(61)49-55-41-23-21-37(29-43(41)57-49)39-27-33-13-17-35(39)19-15-34-14-18-36(20-16-33)40(28-34)38-22-24-42-44(30-38)58-50(56-42)46-12-8-10-26-62(46)52(64)48(32(3)4)60-54(66)68-6/h13-14,17-18,21-24,27-32,45-48H,7-12,15-16,19-20,25-26H2,1-6H3,(H,55,57)(H,56,58)(H,59,65)(H,60,66). The Kier molecular flexibility index (Phi) is 13.6. The minimum atomic E-state index is -0.697. The summed E-state index contributed by atoms with van der Waals surface area (Å²) < 4.78 is 9.69. The molecule has 14 heteroatoms. The molecule has 6 aromatic rings. The summed E-state index contributed by atoms with van der Waals surface area (Å²) in [5.74, 6) is 1.07. The summed E-state index contributed by atoms with van der Waals surface area (Å²) in [5, 5.41) is 5.52. The lowest BCUT2D eigenvalue weighted by molar-refractivity contribution is -0.139. The van der Waals surface area contributed by atoms with Gasteiger partial charge in [0, 0.05) is 13.1 Å². The van der Waals surface area contributed by atoms with E-state index in [4.69, 9.17) is 19.4 Å². The molecule has 2 fully saturated rings. The highest BCUT2D eigenvalue weighted by Gasteiger charge is 2.38. The highest BCUT2D eigenvalue weighted by Crippen LogP contribution is 2.37. The van der Waals surface area contributed by atoms with Crippen molar-refractivity contribution in [3.05, 3.63) is 107 Å². The molecule has 2 aliphatic heterocycles. The second-order valence-corrected chi connectivity index (χ2v) is 19.5. The van der Waals surface area contributed by atoms with E-state index in [9.17, 15) is 19.2 Å². The number of rotatable bonds is 10. The largest absolute Gasteiger partial charge is 0.453 e. The van der Waals surface area contributed by atoms with E-state index in [0.717, 1.165) is 109 Å². The lowest BCUT2D eigenvalue weighted by atomic mass is 9.87. The average Bonchev–Trinajstić information content (AvgIpc) is 3.99. The van der Waals surface area contributed by atoms with E-state index < -0.39 is 24.3 Å². The predicted octanol–water partition coefficient (Wildman–Crippen LogP) is 9.53. The van der Waals surface area contributed by atoms with Crippen LogP contribution < -0.4 is 10.6 Å². The first kappa shape index (κ1) is 46.4. The van der Waals surface area contributed by atoms with Gasteiger partial charge in [-0.3, -0.25) is 9.59 Å². The zero-order valence-electron chi connectivity index (χ0n) is 40.1. The number of aromatic nitrogens is 4. The van der Waals surface area contributed by atoms with E-state index in [1.807, 2.05) is 37.5 Å². The molecule has 0 spiro atoms. The number of alkyl carbamates (subject to hydrolysis) is 2. The fourth-order valence-corrected chi connectivity index (χ4v) is 10.5. The van der Waals surface area contributed by atoms with Crippen molar-refractivity contribution >= 4 is 46.1 Å². The Morgan fingerprint density at radius 3 is 1.40 bits per heavy atom. The van der Waals surface area contributed by atoms with E-state index >= 15 is 0 Å². The number of amides is 4. The summed E-state index contributed by atoms with van der Waals surface area (Å²) in [5.41, 5.74) is 13.4. The highest BCUT2D eigenvalue weighted by atomic mass is 16.5. The molecule has 2 saturated heterocycles. The van der Waals surface area contributed by atoms with Crippen LogP contribution in [0.4, 0.5) is 9.59 Å². The third kappa shape index (κ3) is 9.55. The van der Waals surface area contributed by atoms with Gasteiger partial charge in [0.25, 0.3) is 0 Å². The minimum absolute atomic E-state index is 0.112. The molecule has 2 aromatic heterocycles. The van der Waals surface area contributed by atoms with Crippen LogP contribution in [0.25, 0.3) is 44.3 Å². The number of carbonyl (C=O) groups excluding carboxylic acids is 4. The Morgan fingerprint density at radius 1 is 0.574 bits per heavy atom. The monoisotopic (exact) mass is 920 g/mol. The fourth-order valence-electron chi connectivity index (χ4n) is 10.5. The molecule has 0 saturated carbocycles. The molecular formula is C54H64N8O6.